The van der Waals surface area contributed by atoms with E-state index in [1.165, 1.54) is 22.1 Å². The molecule has 1 saturated heterocycles. The van der Waals surface area contributed by atoms with E-state index >= 15 is 0 Å². The van der Waals surface area contributed by atoms with E-state index in [0.29, 0.717) is 6.42 Å². The Labute approximate surface area is 187 Å². The summed E-state index contributed by atoms with van der Waals surface area (Å²) in [5.41, 5.74) is 5.62. The minimum atomic E-state index is -0.923. The number of H-pyrrole nitrogens is 1. The summed E-state index contributed by atoms with van der Waals surface area (Å²) in [6.45, 7) is 7.98. The second-order valence-electron chi connectivity index (χ2n) is 10.2. The molecule has 3 aromatic rings. The topological polar surface area (TPSA) is 57.7 Å². The van der Waals surface area contributed by atoms with Gasteiger partial charge < -0.3 is 19.6 Å². The van der Waals surface area contributed by atoms with Gasteiger partial charge in [-0.05, 0) is 43.0 Å². The van der Waals surface area contributed by atoms with Gasteiger partial charge in [0.15, 0.2) is 17.6 Å². The van der Waals surface area contributed by atoms with Gasteiger partial charge in [0.2, 0.25) is 0 Å². The number of rotatable bonds is 3. The van der Waals surface area contributed by atoms with Gasteiger partial charge >= 0.3 is 0 Å². The predicted molar refractivity (Wildman–Crippen MR) is 123 cm³/mol. The van der Waals surface area contributed by atoms with Crippen LogP contribution in [0, 0.1) is 0 Å². The molecule has 0 saturated carbocycles. The highest BCUT2D eigenvalue weighted by molar-refractivity contribution is 5.86. The first-order valence-corrected chi connectivity index (χ1v) is 11.6. The van der Waals surface area contributed by atoms with Crippen LogP contribution in [0.15, 0.2) is 48.6 Å². The quantitative estimate of drug-likeness (QED) is 0.618. The van der Waals surface area contributed by atoms with Crippen LogP contribution in [0.4, 0.5) is 0 Å². The largest absolute Gasteiger partial charge is 0.493 e. The molecule has 2 aliphatic heterocycles. The van der Waals surface area contributed by atoms with Gasteiger partial charge in [0, 0.05) is 42.0 Å². The van der Waals surface area contributed by atoms with Gasteiger partial charge in [0.1, 0.15) is 0 Å². The fraction of sp³-hybridized carbons (Fsp3) is 0.407. The molecule has 2 aromatic carbocycles. The molecule has 2 aliphatic carbocycles. The minimum Gasteiger partial charge on any atom is -0.493 e. The average molecular weight is 429 g/mol. The molecule has 32 heavy (non-hydrogen) atoms. The zero-order valence-corrected chi connectivity index (χ0v) is 18.6. The monoisotopic (exact) mass is 428 g/mol. The zero-order valence-electron chi connectivity index (χ0n) is 18.6. The number of nitrogens with one attached hydrogen (secondary N) is 1. The SMILES string of the molecule is C=C(C)CN1CC[C@]23c4c5ccc(OC)c4OC2c2[nH]c4ccccc4c2C[C@@]3(O)C1C5. The average Bonchev–Trinajstić information content (AvgIpc) is 3.30. The summed E-state index contributed by atoms with van der Waals surface area (Å²) in [5, 5.41) is 14.0. The molecule has 1 fully saturated rings. The van der Waals surface area contributed by atoms with Crippen molar-refractivity contribution >= 4 is 10.9 Å². The van der Waals surface area contributed by atoms with Gasteiger partial charge in [-0.3, -0.25) is 4.90 Å². The number of ether oxygens (including phenoxy) is 2. The summed E-state index contributed by atoms with van der Waals surface area (Å²) in [6.07, 6.45) is 2.04. The Kier molecular flexibility index (Phi) is 3.50. The Hall–Kier alpha value is -2.76. The summed E-state index contributed by atoms with van der Waals surface area (Å²) in [5.74, 6) is 1.59. The third kappa shape index (κ3) is 1.98. The highest BCUT2D eigenvalue weighted by atomic mass is 16.5. The lowest BCUT2D eigenvalue weighted by Crippen LogP contribution is -2.74. The van der Waals surface area contributed by atoms with Crippen molar-refractivity contribution < 1.29 is 14.6 Å². The van der Waals surface area contributed by atoms with Crippen LogP contribution in [0.2, 0.25) is 0 Å². The van der Waals surface area contributed by atoms with Crippen molar-refractivity contribution in [3.8, 4) is 11.5 Å². The number of aromatic amines is 1. The van der Waals surface area contributed by atoms with Crippen LogP contribution in [0.25, 0.3) is 10.9 Å². The van der Waals surface area contributed by atoms with Crippen LogP contribution in [-0.4, -0.2) is 46.8 Å². The summed E-state index contributed by atoms with van der Waals surface area (Å²) < 4.78 is 12.5. The Morgan fingerprint density at radius 1 is 1.31 bits per heavy atom. The molecule has 5 nitrogen and oxygen atoms in total. The standard InChI is InChI=1S/C27H28N2O3/c1-15(2)14-29-11-10-26-22-16-8-9-20(31-3)24(22)32-25(26)23-18(13-27(26,30)21(29)12-16)17-6-4-5-7-19(17)28-23/h4-9,21,25,28,30H,1,10-14H2,2-3H3/t21?,25?,26-,27+/m0/s1. The number of methoxy groups -OCH3 is 1. The van der Waals surface area contributed by atoms with Crippen molar-refractivity contribution in [1.29, 1.82) is 0 Å². The fourth-order valence-corrected chi connectivity index (χ4v) is 7.41. The number of para-hydroxylation sites is 1. The Morgan fingerprint density at radius 3 is 2.97 bits per heavy atom. The molecule has 4 aliphatic rings. The summed E-state index contributed by atoms with van der Waals surface area (Å²) in [6, 6.07) is 12.6. The van der Waals surface area contributed by atoms with Gasteiger partial charge in [-0.1, -0.05) is 36.4 Å². The smallest absolute Gasteiger partial charge is 0.166 e. The summed E-state index contributed by atoms with van der Waals surface area (Å²) >= 11 is 0. The highest BCUT2D eigenvalue weighted by Gasteiger charge is 2.72. The Morgan fingerprint density at radius 2 is 2.16 bits per heavy atom. The molecule has 2 unspecified atom stereocenters. The molecule has 2 N–H and O–H groups in total. The van der Waals surface area contributed by atoms with E-state index in [1.807, 2.05) is 6.07 Å². The van der Waals surface area contributed by atoms with Gasteiger partial charge in [0.05, 0.1) is 23.8 Å². The second-order valence-corrected chi connectivity index (χ2v) is 10.2. The molecule has 1 aromatic heterocycles. The number of nitrogens with zero attached hydrogens (tertiary/aromatic N) is 1. The predicted octanol–water partition coefficient (Wildman–Crippen LogP) is 4.04. The van der Waals surface area contributed by atoms with E-state index < -0.39 is 11.0 Å². The van der Waals surface area contributed by atoms with E-state index in [1.54, 1.807) is 7.11 Å². The first kappa shape index (κ1) is 18.8. The number of hydrogen-bond donors (Lipinski definition) is 2. The molecule has 1 spiro atoms. The van der Waals surface area contributed by atoms with Crippen molar-refractivity contribution in [3.63, 3.8) is 0 Å². The highest BCUT2D eigenvalue weighted by Crippen LogP contribution is 2.69. The maximum absolute atomic E-state index is 12.8. The van der Waals surface area contributed by atoms with Crippen LogP contribution in [0.3, 0.4) is 0 Å². The minimum absolute atomic E-state index is 0.0210. The molecular formula is C27H28N2O3. The maximum atomic E-state index is 12.8. The zero-order chi connectivity index (χ0) is 21.8. The van der Waals surface area contributed by atoms with Crippen molar-refractivity contribution in [2.75, 3.05) is 20.2 Å². The van der Waals surface area contributed by atoms with Crippen molar-refractivity contribution in [2.45, 2.75) is 49.3 Å². The van der Waals surface area contributed by atoms with Gasteiger partial charge in [-0.25, -0.2) is 0 Å². The maximum Gasteiger partial charge on any atom is 0.166 e. The Balaban J connectivity index is 1.54. The lowest BCUT2D eigenvalue weighted by atomic mass is 9.49. The second kappa shape index (κ2) is 5.97. The molecule has 5 heteroatoms. The van der Waals surface area contributed by atoms with Crippen LogP contribution < -0.4 is 9.47 Å². The molecule has 0 amide bonds. The van der Waals surface area contributed by atoms with E-state index in [-0.39, 0.29) is 12.1 Å². The number of fused-ring (bicyclic) bond motifs is 4. The first-order valence-electron chi connectivity index (χ1n) is 11.6. The number of aliphatic hydroxyl groups is 1. The number of piperidine rings is 1. The molecule has 164 valence electrons. The van der Waals surface area contributed by atoms with E-state index in [2.05, 4.69) is 53.7 Å². The Bertz CT molecular complexity index is 1310. The fourth-order valence-electron chi connectivity index (χ4n) is 7.41. The van der Waals surface area contributed by atoms with Crippen LogP contribution in [-0.2, 0) is 18.3 Å². The molecule has 7 rings (SSSR count). The summed E-state index contributed by atoms with van der Waals surface area (Å²) in [7, 11) is 1.70. The van der Waals surface area contributed by atoms with Crippen LogP contribution in [0.5, 0.6) is 11.5 Å². The number of hydrogen-bond acceptors (Lipinski definition) is 4. The molecule has 4 atom stereocenters. The van der Waals surface area contributed by atoms with E-state index in [0.717, 1.165) is 54.2 Å². The van der Waals surface area contributed by atoms with E-state index in [9.17, 15) is 5.11 Å². The molecular weight excluding hydrogens is 400 g/mol. The lowest BCUT2D eigenvalue weighted by molar-refractivity contribution is -0.170. The molecule has 0 radical (unpaired) electrons. The van der Waals surface area contributed by atoms with Crippen molar-refractivity contribution in [3.05, 3.63) is 70.9 Å². The molecule has 2 bridgehead atoms. The van der Waals surface area contributed by atoms with Crippen LogP contribution in [0.1, 0.15) is 41.8 Å². The van der Waals surface area contributed by atoms with Crippen LogP contribution >= 0.6 is 0 Å². The number of benzene rings is 2. The normalized spacial score (nSPS) is 31.7. The first-order chi connectivity index (χ1) is 15.5. The number of aromatic nitrogens is 1. The number of likely N-dealkylation sites (tertiary alicyclic amines) is 1. The van der Waals surface area contributed by atoms with E-state index in [4.69, 9.17) is 9.47 Å². The van der Waals surface area contributed by atoms with Crippen molar-refractivity contribution in [1.82, 2.24) is 9.88 Å². The third-order valence-electron chi connectivity index (χ3n) is 8.56. The van der Waals surface area contributed by atoms with Gasteiger partial charge in [-0.2, -0.15) is 0 Å². The van der Waals surface area contributed by atoms with Gasteiger partial charge in [-0.15, -0.1) is 0 Å². The third-order valence-corrected chi connectivity index (χ3v) is 8.56. The van der Waals surface area contributed by atoms with Crippen molar-refractivity contribution in [2.24, 2.45) is 0 Å². The van der Waals surface area contributed by atoms with Gasteiger partial charge in [0.25, 0.3) is 0 Å². The lowest BCUT2D eigenvalue weighted by Gasteiger charge is -2.62. The molecule has 3 heterocycles. The summed E-state index contributed by atoms with van der Waals surface area (Å²) in [4.78, 5) is 6.13.